The Kier molecular flexibility index (Phi) is 3.94. The number of hydrogen-bond acceptors (Lipinski definition) is 4. The second kappa shape index (κ2) is 5.88. The maximum atomic E-state index is 12.1. The summed E-state index contributed by atoms with van der Waals surface area (Å²) in [7, 11) is -3.00. The Morgan fingerprint density at radius 2 is 1.86 bits per heavy atom. The van der Waals surface area contributed by atoms with E-state index >= 15 is 0 Å². The van der Waals surface area contributed by atoms with Crippen LogP contribution in [0.2, 0.25) is 0 Å². The van der Waals surface area contributed by atoms with Gasteiger partial charge in [0.1, 0.15) is 5.69 Å². The van der Waals surface area contributed by atoms with Gasteiger partial charge in [0.15, 0.2) is 9.84 Å². The molecule has 1 aliphatic rings. The van der Waals surface area contributed by atoms with E-state index in [2.05, 4.69) is 10.3 Å². The molecule has 3 rings (SSSR count). The quantitative estimate of drug-likeness (QED) is 0.934. The van der Waals surface area contributed by atoms with Crippen molar-refractivity contribution in [3.8, 4) is 11.1 Å². The third-order valence-electron chi connectivity index (χ3n) is 3.67. The summed E-state index contributed by atoms with van der Waals surface area (Å²) in [5.41, 5.74) is 2.26. The fourth-order valence-corrected chi connectivity index (χ4v) is 4.17. The number of nitrogens with one attached hydrogen (secondary N) is 1. The van der Waals surface area contributed by atoms with E-state index < -0.39 is 9.84 Å². The molecule has 1 atom stereocenters. The number of carbonyl (C=O) groups is 1. The average molecular weight is 316 g/mol. The molecular formula is C16H16N2O3S. The van der Waals surface area contributed by atoms with Crippen molar-refractivity contribution in [1.82, 2.24) is 10.3 Å². The van der Waals surface area contributed by atoms with Crippen LogP contribution in [0.5, 0.6) is 0 Å². The lowest BCUT2D eigenvalue weighted by Gasteiger charge is -2.10. The molecule has 1 fully saturated rings. The van der Waals surface area contributed by atoms with Crippen LogP contribution in [0.4, 0.5) is 0 Å². The lowest BCUT2D eigenvalue weighted by Crippen LogP contribution is -2.36. The molecule has 2 aromatic rings. The third-order valence-corrected chi connectivity index (χ3v) is 5.44. The molecule has 0 radical (unpaired) electrons. The van der Waals surface area contributed by atoms with Crippen molar-refractivity contribution >= 4 is 15.7 Å². The summed E-state index contributed by atoms with van der Waals surface area (Å²) in [4.78, 5) is 16.3. The summed E-state index contributed by atoms with van der Waals surface area (Å²) >= 11 is 0. The monoisotopic (exact) mass is 316 g/mol. The molecule has 22 heavy (non-hydrogen) atoms. The van der Waals surface area contributed by atoms with Gasteiger partial charge in [0.2, 0.25) is 0 Å². The normalized spacial score (nSPS) is 19.7. The van der Waals surface area contributed by atoms with Crippen molar-refractivity contribution in [3.63, 3.8) is 0 Å². The summed E-state index contributed by atoms with van der Waals surface area (Å²) in [6, 6.07) is 12.9. The number of carbonyl (C=O) groups excluding carboxylic acids is 1. The zero-order valence-electron chi connectivity index (χ0n) is 11.9. The summed E-state index contributed by atoms with van der Waals surface area (Å²) in [6.45, 7) is 0. The standard InChI is InChI=1S/C16H16N2O3S/c19-16(18-14-8-9-22(20,21)11-14)15-7-6-13(10-17-15)12-4-2-1-3-5-12/h1-7,10,14H,8-9,11H2,(H,18,19). The minimum atomic E-state index is -3.00. The van der Waals surface area contributed by atoms with Gasteiger partial charge in [-0.25, -0.2) is 8.42 Å². The van der Waals surface area contributed by atoms with E-state index in [-0.39, 0.29) is 23.5 Å². The van der Waals surface area contributed by atoms with Gasteiger partial charge in [0, 0.05) is 17.8 Å². The van der Waals surface area contributed by atoms with Crippen LogP contribution in [-0.2, 0) is 9.84 Å². The van der Waals surface area contributed by atoms with E-state index in [0.717, 1.165) is 11.1 Å². The van der Waals surface area contributed by atoms with Crippen LogP contribution < -0.4 is 5.32 Å². The molecule has 1 N–H and O–H groups in total. The van der Waals surface area contributed by atoms with E-state index in [4.69, 9.17) is 0 Å². The summed E-state index contributed by atoms with van der Waals surface area (Å²) < 4.78 is 22.8. The fourth-order valence-electron chi connectivity index (χ4n) is 2.50. The predicted molar refractivity (Wildman–Crippen MR) is 84.2 cm³/mol. The first-order chi connectivity index (χ1) is 10.5. The molecule has 2 heterocycles. The molecule has 1 aliphatic heterocycles. The predicted octanol–water partition coefficient (Wildman–Crippen LogP) is 1.67. The zero-order valence-corrected chi connectivity index (χ0v) is 12.7. The van der Waals surface area contributed by atoms with E-state index in [1.807, 2.05) is 36.4 Å². The molecule has 1 saturated heterocycles. The Morgan fingerprint density at radius 1 is 1.09 bits per heavy atom. The first-order valence-corrected chi connectivity index (χ1v) is 8.88. The molecule has 0 spiro atoms. The second-order valence-corrected chi connectivity index (χ2v) is 7.60. The van der Waals surface area contributed by atoms with Crippen molar-refractivity contribution in [2.24, 2.45) is 0 Å². The minimum Gasteiger partial charge on any atom is -0.347 e. The maximum Gasteiger partial charge on any atom is 0.270 e. The number of nitrogens with zero attached hydrogens (tertiary/aromatic N) is 1. The molecule has 1 aromatic carbocycles. The SMILES string of the molecule is O=C(NC1CCS(=O)(=O)C1)c1ccc(-c2ccccc2)cn1. The molecule has 0 bridgehead atoms. The van der Waals surface area contributed by atoms with Gasteiger partial charge in [-0.05, 0) is 18.1 Å². The molecule has 6 heteroatoms. The number of pyridine rings is 1. The highest BCUT2D eigenvalue weighted by atomic mass is 32.2. The Balaban J connectivity index is 1.69. The topological polar surface area (TPSA) is 76.1 Å². The molecule has 5 nitrogen and oxygen atoms in total. The van der Waals surface area contributed by atoms with E-state index in [0.29, 0.717) is 12.1 Å². The number of hydrogen-bond donors (Lipinski definition) is 1. The van der Waals surface area contributed by atoms with Crippen LogP contribution in [-0.4, -0.2) is 36.9 Å². The van der Waals surface area contributed by atoms with Crippen molar-refractivity contribution in [1.29, 1.82) is 0 Å². The first kappa shape index (κ1) is 14.7. The summed E-state index contributed by atoms with van der Waals surface area (Å²) in [6.07, 6.45) is 2.12. The minimum absolute atomic E-state index is 0.0147. The van der Waals surface area contributed by atoms with Gasteiger partial charge < -0.3 is 5.32 Å². The van der Waals surface area contributed by atoms with Gasteiger partial charge in [-0.2, -0.15) is 0 Å². The summed E-state index contributed by atoms with van der Waals surface area (Å²) in [5, 5.41) is 2.73. The number of amides is 1. The smallest absolute Gasteiger partial charge is 0.270 e. The van der Waals surface area contributed by atoms with Gasteiger partial charge >= 0.3 is 0 Å². The largest absolute Gasteiger partial charge is 0.347 e. The van der Waals surface area contributed by atoms with Crippen LogP contribution in [0.1, 0.15) is 16.9 Å². The van der Waals surface area contributed by atoms with E-state index in [9.17, 15) is 13.2 Å². The second-order valence-electron chi connectivity index (χ2n) is 5.37. The zero-order chi connectivity index (χ0) is 15.6. The van der Waals surface area contributed by atoms with Gasteiger partial charge in [-0.15, -0.1) is 0 Å². The van der Waals surface area contributed by atoms with Crippen LogP contribution in [0, 0.1) is 0 Å². The average Bonchev–Trinajstić information content (AvgIpc) is 2.87. The Morgan fingerprint density at radius 3 is 2.45 bits per heavy atom. The van der Waals surface area contributed by atoms with Crippen LogP contribution >= 0.6 is 0 Å². The lowest BCUT2D eigenvalue weighted by molar-refractivity contribution is 0.0936. The van der Waals surface area contributed by atoms with E-state index in [1.54, 1.807) is 12.3 Å². The van der Waals surface area contributed by atoms with E-state index in [1.165, 1.54) is 0 Å². The highest BCUT2D eigenvalue weighted by Crippen LogP contribution is 2.18. The number of rotatable bonds is 3. The Bertz CT molecular complexity index is 771. The molecule has 1 unspecified atom stereocenters. The maximum absolute atomic E-state index is 12.1. The molecule has 1 amide bonds. The van der Waals surface area contributed by atoms with Crippen molar-refractivity contribution in [3.05, 3.63) is 54.4 Å². The molecule has 114 valence electrons. The lowest BCUT2D eigenvalue weighted by atomic mass is 10.1. The molecule has 0 saturated carbocycles. The highest BCUT2D eigenvalue weighted by Gasteiger charge is 2.29. The summed E-state index contributed by atoms with van der Waals surface area (Å²) in [5.74, 6) is -0.180. The number of sulfone groups is 1. The van der Waals surface area contributed by atoms with Crippen molar-refractivity contribution in [2.75, 3.05) is 11.5 Å². The van der Waals surface area contributed by atoms with Crippen molar-refractivity contribution < 1.29 is 13.2 Å². The van der Waals surface area contributed by atoms with Crippen LogP contribution in [0.3, 0.4) is 0 Å². The van der Waals surface area contributed by atoms with Gasteiger partial charge in [-0.1, -0.05) is 36.4 Å². The third kappa shape index (κ3) is 3.33. The van der Waals surface area contributed by atoms with Gasteiger partial charge in [0.25, 0.3) is 5.91 Å². The van der Waals surface area contributed by atoms with Crippen molar-refractivity contribution in [2.45, 2.75) is 12.5 Å². The fraction of sp³-hybridized carbons (Fsp3) is 0.250. The number of aromatic nitrogens is 1. The molecular weight excluding hydrogens is 300 g/mol. The Hall–Kier alpha value is -2.21. The Labute approximate surface area is 129 Å². The van der Waals surface area contributed by atoms with Gasteiger partial charge in [0.05, 0.1) is 11.5 Å². The molecule has 0 aliphatic carbocycles. The number of benzene rings is 1. The van der Waals surface area contributed by atoms with Crippen LogP contribution in [0.15, 0.2) is 48.7 Å². The first-order valence-electron chi connectivity index (χ1n) is 7.06. The molecule has 1 aromatic heterocycles. The van der Waals surface area contributed by atoms with Crippen LogP contribution in [0.25, 0.3) is 11.1 Å². The highest BCUT2D eigenvalue weighted by molar-refractivity contribution is 7.91. The van der Waals surface area contributed by atoms with Gasteiger partial charge in [-0.3, -0.25) is 9.78 Å².